The van der Waals surface area contributed by atoms with E-state index in [4.69, 9.17) is 4.74 Å². The van der Waals surface area contributed by atoms with Gasteiger partial charge >= 0.3 is 12.1 Å². The Morgan fingerprint density at radius 2 is 1.79 bits per heavy atom. The molecule has 24 heavy (non-hydrogen) atoms. The van der Waals surface area contributed by atoms with Gasteiger partial charge in [-0.15, -0.1) is 0 Å². The molecule has 0 amide bonds. The van der Waals surface area contributed by atoms with E-state index >= 15 is 0 Å². The molecule has 0 aliphatic carbocycles. The Morgan fingerprint density at radius 1 is 1.12 bits per heavy atom. The molecule has 0 N–H and O–H groups in total. The van der Waals surface area contributed by atoms with Gasteiger partial charge in [0.15, 0.2) is 0 Å². The van der Waals surface area contributed by atoms with Gasteiger partial charge in [0.1, 0.15) is 30.6 Å². The first-order valence-corrected chi connectivity index (χ1v) is 7.42. The fourth-order valence-electron chi connectivity index (χ4n) is 1.89. The number of unbranched alkanes of at least 4 members (excludes halogenated alkanes) is 3. The largest absolute Gasteiger partial charge is 0.490 e. The van der Waals surface area contributed by atoms with Crippen LogP contribution in [0.3, 0.4) is 0 Å². The minimum atomic E-state index is -5.08. The second kappa shape index (κ2) is 9.89. The number of esters is 1. The topological polar surface area (TPSA) is 52.6 Å². The van der Waals surface area contributed by atoms with Gasteiger partial charge in [0, 0.05) is 6.42 Å². The second-order valence-electron chi connectivity index (χ2n) is 5.09. The summed E-state index contributed by atoms with van der Waals surface area (Å²) in [6, 6.07) is 4.93. The predicted molar refractivity (Wildman–Crippen MR) is 77.0 cm³/mol. The molecule has 0 aromatic heterocycles. The van der Waals surface area contributed by atoms with Gasteiger partial charge in [0.25, 0.3) is 0 Å². The fourth-order valence-corrected chi connectivity index (χ4v) is 1.89. The Bertz CT molecular complexity index is 514. The van der Waals surface area contributed by atoms with Crippen LogP contribution in [0.4, 0.5) is 17.6 Å². The maximum atomic E-state index is 12.8. The third-order valence-electron chi connectivity index (χ3n) is 3.10. The van der Waals surface area contributed by atoms with Crippen molar-refractivity contribution >= 4 is 12.3 Å². The van der Waals surface area contributed by atoms with Crippen LogP contribution in [0.5, 0.6) is 5.75 Å². The predicted octanol–water partition coefficient (Wildman–Crippen LogP) is 3.83. The third-order valence-corrected chi connectivity index (χ3v) is 3.10. The summed E-state index contributed by atoms with van der Waals surface area (Å²) in [6.45, 7) is -0.277. The summed E-state index contributed by atoms with van der Waals surface area (Å²) < 4.78 is 59.4. The summed E-state index contributed by atoms with van der Waals surface area (Å²) in [5, 5.41) is 0. The first kappa shape index (κ1) is 19.9. The second-order valence-corrected chi connectivity index (χ2v) is 5.09. The van der Waals surface area contributed by atoms with Crippen molar-refractivity contribution in [2.45, 2.75) is 44.4 Å². The van der Waals surface area contributed by atoms with E-state index in [0.717, 1.165) is 18.4 Å². The molecule has 8 heteroatoms. The van der Waals surface area contributed by atoms with E-state index < -0.39 is 24.1 Å². The van der Waals surface area contributed by atoms with Gasteiger partial charge in [0.05, 0.1) is 0 Å². The monoisotopic (exact) mass is 350 g/mol. The molecule has 134 valence electrons. The van der Waals surface area contributed by atoms with Crippen LogP contribution in [-0.2, 0) is 14.3 Å². The first-order chi connectivity index (χ1) is 11.3. The molecule has 0 saturated heterocycles. The lowest BCUT2D eigenvalue weighted by Gasteiger charge is -2.19. The summed E-state index contributed by atoms with van der Waals surface area (Å²) in [6.07, 6.45) is -3.14. The summed E-state index contributed by atoms with van der Waals surface area (Å²) in [7, 11) is 0. The van der Waals surface area contributed by atoms with Crippen molar-refractivity contribution in [1.29, 1.82) is 0 Å². The highest BCUT2D eigenvalue weighted by Gasteiger charge is 2.42. The number of rotatable bonds is 10. The number of aldehydes is 1. The van der Waals surface area contributed by atoms with Crippen molar-refractivity contribution in [3.8, 4) is 5.75 Å². The van der Waals surface area contributed by atoms with Crippen molar-refractivity contribution in [2.24, 2.45) is 0 Å². The van der Waals surface area contributed by atoms with Gasteiger partial charge in [-0.1, -0.05) is 6.42 Å². The number of halogens is 4. The minimum absolute atomic E-state index is 0.169. The Balaban J connectivity index is 2.53. The lowest BCUT2D eigenvalue weighted by Crippen LogP contribution is -2.33. The van der Waals surface area contributed by atoms with Crippen LogP contribution in [0.1, 0.15) is 32.1 Å². The van der Waals surface area contributed by atoms with E-state index in [2.05, 4.69) is 4.74 Å². The van der Waals surface area contributed by atoms with Gasteiger partial charge in [-0.25, -0.2) is 9.18 Å². The molecule has 0 aliphatic heterocycles. The first-order valence-electron chi connectivity index (χ1n) is 7.42. The van der Waals surface area contributed by atoms with Crippen molar-refractivity contribution < 1.29 is 36.6 Å². The van der Waals surface area contributed by atoms with Crippen LogP contribution < -0.4 is 4.74 Å². The van der Waals surface area contributed by atoms with Crippen LogP contribution in [0.2, 0.25) is 0 Å². The maximum Gasteiger partial charge on any atom is 0.490 e. The third kappa shape index (κ3) is 7.94. The van der Waals surface area contributed by atoms with Crippen LogP contribution in [0.25, 0.3) is 0 Å². The number of alkyl halides is 3. The molecule has 1 aromatic rings. The standard InChI is InChI=1S/C16H18F4O4/c17-12-6-8-13(9-7-12)23-11-14(5-3-1-2-4-10-21)24-15(22)16(18,19)20/h6-10,14H,1-5,11H2. The van der Waals surface area contributed by atoms with Crippen molar-refractivity contribution in [3.63, 3.8) is 0 Å². The van der Waals surface area contributed by atoms with E-state index in [9.17, 15) is 27.2 Å². The summed E-state index contributed by atoms with van der Waals surface area (Å²) in [5.41, 5.74) is 0. The van der Waals surface area contributed by atoms with Gasteiger partial charge < -0.3 is 14.3 Å². The van der Waals surface area contributed by atoms with Crippen LogP contribution >= 0.6 is 0 Å². The Labute approximate surface area is 136 Å². The zero-order valence-corrected chi connectivity index (χ0v) is 12.9. The Hall–Kier alpha value is -2.12. The molecule has 0 bridgehead atoms. The smallest absolute Gasteiger partial charge is 0.490 e. The number of carbonyl (C=O) groups is 2. The molecule has 1 aromatic carbocycles. The highest BCUT2D eigenvalue weighted by Crippen LogP contribution is 2.20. The molecule has 1 unspecified atom stereocenters. The van der Waals surface area contributed by atoms with E-state index in [1.54, 1.807) is 0 Å². The molecule has 0 radical (unpaired) electrons. The Kier molecular flexibility index (Phi) is 8.21. The zero-order chi connectivity index (χ0) is 18.0. The fraction of sp³-hybridized carbons (Fsp3) is 0.500. The van der Waals surface area contributed by atoms with Crippen molar-refractivity contribution in [3.05, 3.63) is 30.1 Å². The van der Waals surface area contributed by atoms with Crippen LogP contribution in [-0.4, -0.2) is 31.1 Å². The quantitative estimate of drug-likeness (QED) is 0.279. The molecule has 4 nitrogen and oxygen atoms in total. The molecular weight excluding hydrogens is 332 g/mol. The van der Waals surface area contributed by atoms with Gasteiger partial charge in [-0.3, -0.25) is 0 Å². The average molecular weight is 350 g/mol. The lowest BCUT2D eigenvalue weighted by molar-refractivity contribution is -0.206. The zero-order valence-electron chi connectivity index (χ0n) is 12.9. The van der Waals surface area contributed by atoms with Gasteiger partial charge in [0.2, 0.25) is 0 Å². The van der Waals surface area contributed by atoms with Gasteiger partial charge in [-0.2, -0.15) is 13.2 Å². The summed E-state index contributed by atoms with van der Waals surface area (Å²) in [4.78, 5) is 21.2. The van der Waals surface area contributed by atoms with E-state index in [0.29, 0.717) is 25.7 Å². The molecule has 1 atom stereocenters. The molecule has 0 saturated carbocycles. The van der Waals surface area contributed by atoms with E-state index in [1.807, 2.05) is 0 Å². The normalized spacial score (nSPS) is 12.5. The molecule has 0 spiro atoms. The van der Waals surface area contributed by atoms with Crippen LogP contribution in [0, 0.1) is 5.82 Å². The average Bonchev–Trinajstić information content (AvgIpc) is 2.52. The summed E-state index contributed by atoms with van der Waals surface area (Å²) >= 11 is 0. The SMILES string of the molecule is O=CCCCCCC(COc1ccc(F)cc1)OC(=O)C(F)(F)F. The highest BCUT2D eigenvalue weighted by molar-refractivity contribution is 5.75. The molecule has 0 aliphatic rings. The molecular formula is C16H18F4O4. The minimum Gasteiger partial charge on any atom is -0.490 e. The lowest BCUT2D eigenvalue weighted by atomic mass is 10.1. The van der Waals surface area contributed by atoms with Crippen LogP contribution in [0.15, 0.2) is 24.3 Å². The van der Waals surface area contributed by atoms with Gasteiger partial charge in [-0.05, 0) is 43.5 Å². The number of ether oxygens (including phenoxy) is 2. The van der Waals surface area contributed by atoms with E-state index in [-0.39, 0.29) is 18.8 Å². The molecule has 1 rings (SSSR count). The Morgan fingerprint density at radius 3 is 2.38 bits per heavy atom. The van der Waals surface area contributed by atoms with E-state index in [1.165, 1.54) is 12.1 Å². The maximum absolute atomic E-state index is 12.8. The molecule has 0 fully saturated rings. The van der Waals surface area contributed by atoms with Crippen molar-refractivity contribution in [1.82, 2.24) is 0 Å². The number of hydrogen-bond acceptors (Lipinski definition) is 4. The van der Waals surface area contributed by atoms with Crippen molar-refractivity contribution in [2.75, 3.05) is 6.61 Å². The number of benzene rings is 1. The highest BCUT2D eigenvalue weighted by atomic mass is 19.4. The number of hydrogen-bond donors (Lipinski definition) is 0. The number of carbonyl (C=O) groups excluding carboxylic acids is 2. The molecule has 0 heterocycles. The summed E-state index contributed by atoms with van der Waals surface area (Å²) in [5.74, 6) is -2.49.